The number of rotatable bonds is 3. The van der Waals surface area contributed by atoms with E-state index in [9.17, 15) is 10.1 Å². The molecule has 1 aromatic heterocycles. The van der Waals surface area contributed by atoms with Crippen molar-refractivity contribution in [3.63, 3.8) is 0 Å². The van der Waals surface area contributed by atoms with Crippen LogP contribution in [0.2, 0.25) is 0 Å². The van der Waals surface area contributed by atoms with Crippen LogP contribution in [0.5, 0.6) is 0 Å². The Morgan fingerprint density at radius 2 is 2.12 bits per heavy atom. The van der Waals surface area contributed by atoms with E-state index in [1.807, 2.05) is 5.01 Å². The van der Waals surface area contributed by atoms with Gasteiger partial charge in [0.2, 0.25) is 0 Å². The van der Waals surface area contributed by atoms with Crippen LogP contribution in [-0.4, -0.2) is 28.0 Å². The molecule has 6 nitrogen and oxygen atoms in total. The van der Waals surface area contributed by atoms with Crippen molar-refractivity contribution in [1.82, 2.24) is 9.99 Å². The Bertz CT molecular complexity index is 377. The molecule has 0 radical (unpaired) electrons. The van der Waals surface area contributed by atoms with Crippen molar-refractivity contribution in [2.75, 3.05) is 18.5 Å². The van der Waals surface area contributed by atoms with Crippen LogP contribution >= 0.6 is 0 Å². The number of hydrazine groups is 1. The lowest BCUT2D eigenvalue weighted by atomic mass is 10.2. The second-order valence-electron chi connectivity index (χ2n) is 3.79. The maximum absolute atomic E-state index is 10.7. The molecule has 1 N–H and O–H groups in total. The third kappa shape index (κ3) is 2.46. The zero-order valence-corrected chi connectivity index (χ0v) is 8.93. The number of hydrogen-bond donors (Lipinski definition) is 1. The molecule has 1 saturated heterocycles. The van der Waals surface area contributed by atoms with E-state index in [1.54, 1.807) is 12.1 Å². The Hall–Kier alpha value is -1.69. The van der Waals surface area contributed by atoms with Crippen LogP contribution in [-0.2, 0) is 0 Å². The minimum absolute atomic E-state index is 0.118. The summed E-state index contributed by atoms with van der Waals surface area (Å²) < 4.78 is 0. The van der Waals surface area contributed by atoms with E-state index in [0.717, 1.165) is 25.9 Å². The number of pyridine rings is 1. The van der Waals surface area contributed by atoms with Gasteiger partial charge in [0.1, 0.15) is 11.9 Å². The monoisotopic (exact) mass is 222 g/mol. The Labute approximate surface area is 93.4 Å². The van der Waals surface area contributed by atoms with Gasteiger partial charge in [-0.25, -0.2) is 5.01 Å². The summed E-state index contributed by atoms with van der Waals surface area (Å²) in [6.07, 6.45) is 4.91. The molecule has 16 heavy (non-hydrogen) atoms. The highest BCUT2D eigenvalue weighted by Crippen LogP contribution is 2.21. The number of nitrogens with zero attached hydrogens (tertiary/aromatic N) is 3. The number of nitro groups is 1. The summed E-state index contributed by atoms with van der Waals surface area (Å²) in [6, 6.07) is 3.37. The van der Waals surface area contributed by atoms with Crippen molar-refractivity contribution in [2.24, 2.45) is 0 Å². The fourth-order valence-corrected chi connectivity index (χ4v) is 1.81. The summed E-state index contributed by atoms with van der Waals surface area (Å²) in [6.45, 7) is 1.85. The van der Waals surface area contributed by atoms with Gasteiger partial charge in [0.05, 0.1) is 0 Å². The van der Waals surface area contributed by atoms with Gasteiger partial charge in [0, 0.05) is 13.1 Å². The number of nitrogens with one attached hydrogen (secondary N) is 1. The zero-order valence-electron chi connectivity index (χ0n) is 8.93. The summed E-state index contributed by atoms with van der Waals surface area (Å²) in [4.78, 5) is 14.0. The molecule has 0 saturated carbocycles. The Balaban J connectivity index is 2.10. The van der Waals surface area contributed by atoms with Crippen molar-refractivity contribution in [2.45, 2.75) is 19.3 Å². The zero-order chi connectivity index (χ0) is 11.4. The molecule has 0 spiro atoms. The summed E-state index contributed by atoms with van der Waals surface area (Å²) >= 11 is 0. The third-order valence-electron chi connectivity index (χ3n) is 2.59. The van der Waals surface area contributed by atoms with E-state index in [2.05, 4.69) is 10.4 Å². The molecule has 1 aliphatic heterocycles. The first-order valence-electron chi connectivity index (χ1n) is 5.38. The van der Waals surface area contributed by atoms with Crippen molar-refractivity contribution < 1.29 is 4.92 Å². The number of hydrogen-bond acceptors (Lipinski definition) is 5. The fourth-order valence-electron chi connectivity index (χ4n) is 1.81. The van der Waals surface area contributed by atoms with Gasteiger partial charge >= 0.3 is 5.82 Å². The maximum atomic E-state index is 10.7. The van der Waals surface area contributed by atoms with Gasteiger partial charge in [-0.2, -0.15) is 0 Å². The lowest BCUT2D eigenvalue weighted by Gasteiger charge is -2.27. The first kappa shape index (κ1) is 10.8. The smallest absolute Gasteiger partial charge is 0.358 e. The van der Waals surface area contributed by atoms with Gasteiger partial charge in [-0.3, -0.25) is 0 Å². The number of piperidine rings is 1. The highest BCUT2D eigenvalue weighted by molar-refractivity contribution is 5.55. The molecule has 0 atom stereocenters. The second kappa shape index (κ2) is 4.89. The van der Waals surface area contributed by atoms with Crippen molar-refractivity contribution in [1.29, 1.82) is 0 Å². The Morgan fingerprint density at radius 3 is 2.81 bits per heavy atom. The van der Waals surface area contributed by atoms with E-state index in [0.29, 0.717) is 5.69 Å². The van der Waals surface area contributed by atoms with E-state index < -0.39 is 4.92 Å². The fraction of sp³-hybridized carbons (Fsp3) is 0.500. The number of anilines is 1. The maximum Gasteiger partial charge on any atom is 0.388 e. The van der Waals surface area contributed by atoms with E-state index in [1.165, 1.54) is 12.6 Å². The van der Waals surface area contributed by atoms with E-state index in [-0.39, 0.29) is 5.82 Å². The largest absolute Gasteiger partial charge is 0.388 e. The van der Waals surface area contributed by atoms with Gasteiger partial charge < -0.3 is 15.5 Å². The quantitative estimate of drug-likeness (QED) is 0.623. The first-order chi connectivity index (χ1) is 7.77. The van der Waals surface area contributed by atoms with Crippen LogP contribution in [0.25, 0.3) is 0 Å². The first-order valence-corrected chi connectivity index (χ1v) is 5.38. The highest BCUT2D eigenvalue weighted by atomic mass is 16.6. The van der Waals surface area contributed by atoms with E-state index in [4.69, 9.17) is 0 Å². The lowest BCUT2D eigenvalue weighted by molar-refractivity contribution is -0.388. The molecule has 0 amide bonds. The minimum Gasteiger partial charge on any atom is -0.358 e. The highest BCUT2D eigenvalue weighted by Gasteiger charge is 2.17. The summed E-state index contributed by atoms with van der Waals surface area (Å²) in [5.74, 6) is -0.118. The molecule has 1 aromatic rings. The molecule has 2 rings (SSSR count). The van der Waals surface area contributed by atoms with Crippen molar-refractivity contribution >= 4 is 11.5 Å². The average molecular weight is 222 g/mol. The molecule has 0 aromatic carbocycles. The number of aromatic nitrogens is 1. The average Bonchev–Trinajstić information content (AvgIpc) is 2.31. The standard InChI is InChI=1S/C10H14N4O2/c15-14(16)10-9(5-4-6-11-10)12-13-7-2-1-3-8-13/h4-6,12H,1-3,7-8H2. The van der Waals surface area contributed by atoms with Gasteiger partial charge in [0.25, 0.3) is 0 Å². The Kier molecular flexibility index (Phi) is 3.31. The molecule has 6 heteroatoms. The van der Waals surface area contributed by atoms with Crippen LogP contribution in [0.15, 0.2) is 18.3 Å². The Morgan fingerprint density at radius 1 is 1.38 bits per heavy atom. The molecular formula is C10H14N4O2. The molecule has 1 aliphatic rings. The predicted molar refractivity (Wildman–Crippen MR) is 59.9 cm³/mol. The second-order valence-corrected chi connectivity index (χ2v) is 3.79. The molecule has 0 aliphatic carbocycles. The molecule has 0 bridgehead atoms. The third-order valence-corrected chi connectivity index (χ3v) is 2.59. The topological polar surface area (TPSA) is 71.3 Å². The SMILES string of the molecule is O=[N+]([O-])c1ncccc1NN1CCCCC1. The van der Waals surface area contributed by atoms with Crippen molar-refractivity contribution in [3.8, 4) is 0 Å². The summed E-state index contributed by atoms with van der Waals surface area (Å²) in [5.41, 5.74) is 3.53. The summed E-state index contributed by atoms with van der Waals surface area (Å²) in [7, 11) is 0. The minimum atomic E-state index is -0.466. The van der Waals surface area contributed by atoms with Gasteiger partial charge in [-0.15, -0.1) is 0 Å². The predicted octanol–water partition coefficient (Wildman–Crippen LogP) is 1.80. The molecule has 2 heterocycles. The summed E-state index contributed by atoms with van der Waals surface area (Å²) in [5, 5.41) is 12.8. The molecular weight excluding hydrogens is 208 g/mol. The molecule has 0 unspecified atom stereocenters. The lowest BCUT2D eigenvalue weighted by Crippen LogP contribution is -2.35. The van der Waals surface area contributed by atoms with Crippen LogP contribution in [0, 0.1) is 10.1 Å². The van der Waals surface area contributed by atoms with Gasteiger partial charge in [0.15, 0.2) is 0 Å². The van der Waals surface area contributed by atoms with E-state index >= 15 is 0 Å². The molecule has 86 valence electrons. The van der Waals surface area contributed by atoms with Crippen LogP contribution in [0.1, 0.15) is 19.3 Å². The normalized spacial score (nSPS) is 17.0. The van der Waals surface area contributed by atoms with Gasteiger partial charge in [-0.05, 0) is 34.9 Å². The molecule has 1 fully saturated rings. The van der Waals surface area contributed by atoms with Crippen LogP contribution in [0.3, 0.4) is 0 Å². The van der Waals surface area contributed by atoms with Crippen LogP contribution < -0.4 is 5.43 Å². The van der Waals surface area contributed by atoms with Crippen molar-refractivity contribution in [3.05, 3.63) is 28.4 Å². The van der Waals surface area contributed by atoms with Crippen LogP contribution in [0.4, 0.5) is 11.5 Å². The van der Waals surface area contributed by atoms with Gasteiger partial charge in [-0.1, -0.05) is 6.42 Å².